The van der Waals surface area contributed by atoms with Crippen molar-refractivity contribution < 1.29 is 9.21 Å². The fourth-order valence-electron chi connectivity index (χ4n) is 5.59. The van der Waals surface area contributed by atoms with Crippen LogP contribution in [0.4, 0.5) is 5.82 Å². The summed E-state index contributed by atoms with van der Waals surface area (Å²) in [4.78, 5) is 22.6. The summed E-state index contributed by atoms with van der Waals surface area (Å²) in [6.07, 6.45) is 7.08. The maximum Gasteiger partial charge on any atom is 0.290 e. The van der Waals surface area contributed by atoms with E-state index in [-0.39, 0.29) is 18.0 Å². The Balaban J connectivity index is 1.24. The van der Waals surface area contributed by atoms with Gasteiger partial charge in [0, 0.05) is 56.6 Å². The molecule has 0 bridgehead atoms. The van der Waals surface area contributed by atoms with E-state index in [1.807, 2.05) is 27.7 Å². The van der Waals surface area contributed by atoms with Gasteiger partial charge in [-0.25, -0.2) is 14.5 Å². The Morgan fingerprint density at radius 2 is 2.11 bits per heavy atom. The molecular formula is C25H34N8O2. The standard InChI is InChI=1S/C25H34N8O2/c1-17-14-33-23(28-24(17)30-12-8-18(26)15-30)13-20(29-33)21-5-2-3-11-32(21)25(34)22-7-6-19(35-22)16-31-10-4-9-27-31/h6-7,13-14,18,21,27H,2-5,8-12,15-16,26H2,1H3/t18-,21-/m0/s1. The Bertz CT molecular complexity index is 1210. The van der Waals surface area contributed by atoms with E-state index in [1.165, 1.54) is 0 Å². The van der Waals surface area contributed by atoms with Gasteiger partial charge in [0.05, 0.1) is 18.3 Å². The van der Waals surface area contributed by atoms with Crippen LogP contribution >= 0.6 is 0 Å². The average molecular weight is 479 g/mol. The normalized spacial score (nSPS) is 23.6. The van der Waals surface area contributed by atoms with Crippen LogP contribution < -0.4 is 16.1 Å². The number of furan rings is 1. The molecular weight excluding hydrogens is 444 g/mol. The number of piperidine rings is 1. The lowest BCUT2D eigenvalue weighted by atomic mass is 9.99. The summed E-state index contributed by atoms with van der Waals surface area (Å²) in [7, 11) is 0. The molecule has 3 saturated heterocycles. The van der Waals surface area contributed by atoms with Crippen LogP contribution in [0.1, 0.15) is 65.7 Å². The van der Waals surface area contributed by atoms with Crippen LogP contribution in [0.3, 0.4) is 0 Å². The number of amides is 1. The number of aromatic nitrogens is 3. The molecule has 10 nitrogen and oxygen atoms in total. The number of nitrogens with two attached hydrogens (primary N) is 1. The van der Waals surface area contributed by atoms with Crippen LogP contribution in [0, 0.1) is 6.92 Å². The zero-order valence-corrected chi connectivity index (χ0v) is 20.3. The summed E-state index contributed by atoms with van der Waals surface area (Å²) in [5.74, 6) is 2.11. The third-order valence-corrected chi connectivity index (χ3v) is 7.41. The van der Waals surface area contributed by atoms with Gasteiger partial charge in [-0.15, -0.1) is 0 Å². The fourth-order valence-corrected chi connectivity index (χ4v) is 5.59. The predicted octanol–water partition coefficient (Wildman–Crippen LogP) is 2.25. The highest BCUT2D eigenvalue weighted by Crippen LogP contribution is 2.33. The second-order valence-corrected chi connectivity index (χ2v) is 10.1. The van der Waals surface area contributed by atoms with Gasteiger partial charge >= 0.3 is 0 Å². The minimum Gasteiger partial charge on any atom is -0.454 e. The molecule has 0 unspecified atom stereocenters. The van der Waals surface area contributed by atoms with Crippen molar-refractivity contribution in [2.24, 2.45) is 5.73 Å². The van der Waals surface area contributed by atoms with Crippen molar-refractivity contribution in [3.8, 4) is 0 Å². The van der Waals surface area contributed by atoms with E-state index in [1.54, 1.807) is 6.07 Å². The number of hydrazine groups is 1. The smallest absolute Gasteiger partial charge is 0.290 e. The van der Waals surface area contributed by atoms with Crippen molar-refractivity contribution in [1.29, 1.82) is 0 Å². The molecule has 3 aromatic heterocycles. The Morgan fingerprint density at radius 3 is 2.91 bits per heavy atom. The minimum absolute atomic E-state index is 0.0664. The number of nitrogens with zero attached hydrogens (tertiary/aromatic N) is 6. The molecule has 35 heavy (non-hydrogen) atoms. The molecule has 3 aliphatic heterocycles. The highest BCUT2D eigenvalue weighted by molar-refractivity contribution is 5.92. The number of rotatable bonds is 5. The topological polar surface area (TPSA) is 108 Å². The number of hydrogen-bond donors (Lipinski definition) is 2. The van der Waals surface area contributed by atoms with E-state index >= 15 is 0 Å². The first kappa shape index (κ1) is 22.5. The number of nitrogens with one attached hydrogen (secondary N) is 1. The lowest BCUT2D eigenvalue weighted by Crippen LogP contribution is -2.38. The minimum atomic E-state index is -0.0873. The van der Waals surface area contributed by atoms with Gasteiger partial charge in [0.2, 0.25) is 0 Å². The Morgan fingerprint density at radius 1 is 1.20 bits per heavy atom. The van der Waals surface area contributed by atoms with Crippen molar-refractivity contribution in [3.63, 3.8) is 0 Å². The van der Waals surface area contributed by atoms with Crippen molar-refractivity contribution in [2.75, 3.05) is 37.6 Å². The summed E-state index contributed by atoms with van der Waals surface area (Å²) >= 11 is 0. The quantitative estimate of drug-likeness (QED) is 0.575. The lowest BCUT2D eigenvalue weighted by molar-refractivity contribution is 0.0569. The Kier molecular flexibility index (Phi) is 5.95. The van der Waals surface area contributed by atoms with E-state index in [9.17, 15) is 4.79 Å². The third kappa shape index (κ3) is 4.41. The molecule has 186 valence electrons. The highest BCUT2D eigenvalue weighted by atomic mass is 16.4. The van der Waals surface area contributed by atoms with Crippen LogP contribution in [0.25, 0.3) is 5.65 Å². The van der Waals surface area contributed by atoms with E-state index < -0.39 is 0 Å². The van der Waals surface area contributed by atoms with Gasteiger partial charge in [-0.05, 0) is 51.2 Å². The van der Waals surface area contributed by atoms with Crippen molar-refractivity contribution in [3.05, 3.63) is 47.2 Å². The number of aryl methyl sites for hydroxylation is 1. The molecule has 3 aromatic rings. The van der Waals surface area contributed by atoms with Crippen molar-refractivity contribution >= 4 is 17.4 Å². The first-order valence-electron chi connectivity index (χ1n) is 12.8. The van der Waals surface area contributed by atoms with Gasteiger partial charge in [0.25, 0.3) is 5.91 Å². The molecule has 3 N–H and O–H groups in total. The molecule has 0 aliphatic carbocycles. The number of carbonyl (C=O) groups is 1. The van der Waals surface area contributed by atoms with E-state index in [2.05, 4.69) is 22.3 Å². The van der Waals surface area contributed by atoms with Crippen LogP contribution in [-0.2, 0) is 6.54 Å². The van der Waals surface area contributed by atoms with Crippen LogP contribution in [0.15, 0.2) is 28.8 Å². The fraction of sp³-hybridized carbons (Fsp3) is 0.560. The molecule has 0 saturated carbocycles. The molecule has 1 amide bonds. The largest absolute Gasteiger partial charge is 0.454 e. The molecule has 0 radical (unpaired) electrons. The van der Waals surface area contributed by atoms with E-state index in [0.29, 0.717) is 18.8 Å². The number of anilines is 1. The summed E-state index contributed by atoms with van der Waals surface area (Å²) in [5, 5.41) is 6.98. The Hall–Kier alpha value is -2.95. The molecule has 3 fully saturated rings. The molecule has 0 aromatic carbocycles. The van der Waals surface area contributed by atoms with Crippen molar-refractivity contribution in [2.45, 2.75) is 57.7 Å². The van der Waals surface area contributed by atoms with Crippen molar-refractivity contribution in [1.82, 2.24) is 29.9 Å². The second kappa shape index (κ2) is 9.25. The van der Waals surface area contributed by atoms with Crippen LogP contribution in [0.2, 0.25) is 0 Å². The van der Waals surface area contributed by atoms with Gasteiger partial charge in [-0.2, -0.15) is 5.10 Å². The van der Waals surface area contributed by atoms with E-state index in [4.69, 9.17) is 20.2 Å². The number of fused-ring (bicyclic) bond motifs is 1. The van der Waals surface area contributed by atoms with Gasteiger partial charge in [-0.3, -0.25) is 10.2 Å². The van der Waals surface area contributed by atoms with Crippen LogP contribution in [0.5, 0.6) is 0 Å². The first-order chi connectivity index (χ1) is 17.0. The monoisotopic (exact) mass is 478 g/mol. The molecule has 6 heterocycles. The van der Waals surface area contributed by atoms with Gasteiger partial charge in [0.1, 0.15) is 11.6 Å². The van der Waals surface area contributed by atoms with Gasteiger partial charge in [-0.1, -0.05) is 0 Å². The first-order valence-corrected chi connectivity index (χ1v) is 12.8. The molecule has 3 aliphatic rings. The number of likely N-dealkylation sites (tertiary alicyclic amines) is 1. The summed E-state index contributed by atoms with van der Waals surface area (Å²) in [6.45, 7) is 7.16. The maximum atomic E-state index is 13.5. The number of hydrogen-bond acceptors (Lipinski definition) is 8. The zero-order valence-electron chi connectivity index (χ0n) is 20.3. The van der Waals surface area contributed by atoms with E-state index in [0.717, 1.165) is 86.8 Å². The zero-order chi connectivity index (χ0) is 23.9. The summed E-state index contributed by atoms with van der Waals surface area (Å²) in [5.41, 5.74) is 12.2. The van der Waals surface area contributed by atoms with Crippen LogP contribution in [-0.4, -0.2) is 69.2 Å². The Labute approximate surface area is 205 Å². The number of carbonyl (C=O) groups excluding carboxylic acids is 1. The lowest BCUT2D eigenvalue weighted by Gasteiger charge is -2.34. The highest BCUT2D eigenvalue weighted by Gasteiger charge is 2.32. The van der Waals surface area contributed by atoms with Gasteiger partial charge in [0.15, 0.2) is 11.4 Å². The maximum absolute atomic E-state index is 13.5. The average Bonchev–Trinajstić information content (AvgIpc) is 3.66. The molecule has 2 atom stereocenters. The summed E-state index contributed by atoms with van der Waals surface area (Å²) in [6, 6.07) is 5.86. The molecule has 6 rings (SSSR count). The molecule has 10 heteroatoms. The predicted molar refractivity (Wildman–Crippen MR) is 132 cm³/mol. The molecule has 0 spiro atoms. The SMILES string of the molecule is Cc1cn2nc([C@@H]3CCCCN3C(=O)c3ccc(CN4CCCN4)o3)cc2nc1N1CC[C@H](N)C1. The second-order valence-electron chi connectivity index (χ2n) is 10.1. The summed E-state index contributed by atoms with van der Waals surface area (Å²) < 4.78 is 7.82. The third-order valence-electron chi connectivity index (χ3n) is 7.41. The van der Waals surface area contributed by atoms with Gasteiger partial charge < -0.3 is 20.0 Å².